The SMILES string of the molecule is O=C(O)Cc1sc(O)nc1-c1ccc(Cl)cc1. The molecule has 0 spiro atoms. The Kier molecular flexibility index (Phi) is 3.31. The minimum Gasteiger partial charge on any atom is -0.486 e. The zero-order valence-corrected chi connectivity index (χ0v) is 10.1. The molecule has 0 fully saturated rings. The summed E-state index contributed by atoms with van der Waals surface area (Å²) in [6, 6.07) is 6.86. The molecule has 0 aliphatic heterocycles. The van der Waals surface area contributed by atoms with E-state index in [2.05, 4.69) is 4.98 Å². The summed E-state index contributed by atoms with van der Waals surface area (Å²) in [6.07, 6.45) is -0.157. The molecule has 17 heavy (non-hydrogen) atoms. The fourth-order valence-corrected chi connectivity index (χ4v) is 2.37. The Bertz CT molecular complexity index is 550. The number of rotatable bonds is 3. The molecule has 88 valence electrons. The Morgan fingerprint density at radius 2 is 2.00 bits per heavy atom. The van der Waals surface area contributed by atoms with Gasteiger partial charge in [-0.2, -0.15) is 0 Å². The van der Waals surface area contributed by atoms with Crippen LogP contribution in [0.5, 0.6) is 5.19 Å². The molecule has 0 bridgehead atoms. The van der Waals surface area contributed by atoms with Gasteiger partial charge in [0.25, 0.3) is 5.19 Å². The molecule has 0 atom stereocenters. The number of hydrogen-bond acceptors (Lipinski definition) is 4. The van der Waals surface area contributed by atoms with Crippen molar-refractivity contribution in [3.8, 4) is 16.5 Å². The number of carboxylic acids is 1. The van der Waals surface area contributed by atoms with E-state index in [9.17, 15) is 9.90 Å². The largest absolute Gasteiger partial charge is 0.486 e. The molecular weight excluding hydrogens is 262 g/mol. The minimum absolute atomic E-state index is 0.133. The predicted molar refractivity (Wildman–Crippen MR) is 65.6 cm³/mol. The maximum atomic E-state index is 10.7. The lowest BCUT2D eigenvalue weighted by Gasteiger charge is -2.00. The van der Waals surface area contributed by atoms with Crippen molar-refractivity contribution in [3.63, 3.8) is 0 Å². The van der Waals surface area contributed by atoms with Crippen molar-refractivity contribution in [2.24, 2.45) is 0 Å². The highest BCUT2D eigenvalue weighted by Gasteiger charge is 2.15. The van der Waals surface area contributed by atoms with Gasteiger partial charge in [0.15, 0.2) is 0 Å². The predicted octanol–water partition coefficient (Wildman–Crippen LogP) is 2.80. The summed E-state index contributed by atoms with van der Waals surface area (Å²) in [5.41, 5.74) is 1.23. The van der Waals surface area contributed by atoms with E-state index in [1.54, 1.807) is 24.3 Å². The molecule has 6 heteroatoms. The van der Waals surface area contributed by atoms with E-state index in [0.717, 1.165) is 16.9 Å². The van der Waals surface area contributed by atoms with Gasteiger partial charge in [0.05, 0.1) is 12.1 Å². The molecule has 2 aromatic rings. The summed E-state index contributed by atoms with van der Waals surface area (Å²) in [4.78, 5) is 15.1. The van der Waals surface area contributed by atoms with E-state index in [1.165, 1.54) is 0 Å². The van der Waals surface area contributed by atoms with Crippen molar-refractivity contribution < 1.29 is 15.0 Å². The number of carbonyl (C=O) groups is 1. The molecule has 1 aromatic heterocycles. The summed E-state index contributed by atoms with van der Waals surface area (Å²) in [5.74, 6) is -0.955. The Morgan fingerprint density at radius 1 is 1.35 bits per heavy atom. The number of hydrogen-bond donors (Lipinski definition) is 2. The zero-order valence-electron chi connectivity index (χ0n) is 8.55. The van der Waals surface area contributed by atoms with Gasteiger partial charge in [0, 0.05) is 15.5 Å². The number of halogens is 1. The maximum Gasteiger partial charge on any atom is 0.308 e. The van der Waals surface area contributed by atoms with E-state index < -0.39 is 5.97 Å². The number of aromatic nitrogens is 1. The Morgan fingerprint density at radius 3 is 2.59 bits per heavy atom. The monoisotopic (exact) mass is 269 g/mol. The Balaban J connectivity index is 2.43. The fourth-order valence-electron chi connectivity index (χ4n) is 1.43. The average molecular weight is 270 g/mol. The van der Waals surface area contributed by atoms with E-state index in [-0.39, 0.29) is 11.6 Å². The molecular formula is C11H8ClNO3S. The van der Waals surface area contributed by atoms with Gasteiger partial charge in [0.2, 0.25) is 0 Å². The molecule has 2 N–H and O–H groups in total. The molecule has 0 saturated heterocycles. The first-order valence-corrected chi connectivity index (χ1v) is 5.92. The lowest BCUT2D eigenvalue weighted by atomic mass is 10.1. The van der Waals surface area contributed by atoms with Gasteiger partial charge in [-0.15, -0.1) is 0 Å². The van der Waals surface area contributed by atoms with Crippen molar-refractivity contribution in [3.05, 3.63) is 34.2 Å². The number of aliphatic carboxylic acids is 1. The first kappa shape index (κ1) is 11.9. The molecule has 0 amide bonds. The summed E-state index contributed by atoms with van der Waals surface area (Å²) in [7, 11) is 0. The average Bonchev–Trinajstić information content (AvgIpc) is 2.59. The smallest absolute Gasteiger partial charge is 0.308 e. The molecule has 2 rings (SSSR count). The molecule has 1 heterocycles. The second kappa shape index (κ2) is 4.73. The van der Waals surface area contributed by atoms with Gasteiger partial charge in [-0.05, 0) is 12.1 Å². The van der Waals surface area contributed by atoms with Crippen molar-refractivity contribution >= 4 is 28.9 Å². The number of benzene rings is 1. The number of carboxylic acid groups (broad SMARTS) is 1. The molecule has 4 nitrogen and oxygen atoms in total. The first-order valence-electron chi connectivity index (χ1n) is 4.72. The highest BCUT2D eigenvalue weighted by atomic mass is 35.5. The van der Waals surface area contributed by atoms with E-state index in [0.29, 0.717) is 15.6 Å². The second-order valence-corrected chi connectivity index (χ2v) is 4.84. The van der Waals surface area contributed by atoms with Gasteiger partial charge in [-0.3, -0.25) is 4.79 Å². The molecule has 1 aromatic carbocycles. The number of nitrogens with zero attached hydrogens (tertiary/aromatic N) is 1. The van der Waals surface area contributed by atoms with Crippen LogP contribution >= 0.6 is 22.9 Å². The lowest BCUT2D eigenvalue weighted by molar-refractivity contribution is -0.136. The molecule has 0 saturated carbocycles. The number of aromatic hydroxyl groups is 1. The summed E-state index contributed by atoms with van der Waals surface area (Å²) in [6.45, 7) is 0. The minimum atomic E-state index is -0.955. The van der Waals surface area contributed by atoms with Crippen LogP contribution in [0.15, 0.2) is 24.3 Å². The highest BCUT2D eigenvalue weighted by molar-refractivity contribution is 7.13. The molecule has 0 aliphatic carbocycles. The van der Waals surface area contributed by atoms with Crippen LogP contribution in [0.25, 0.3) is 11.3 Å². The van der Waals surface area contributed by atoms with Crippen molar-refractivity contribution in [1.29, 1.82) is 0 Å². The van der Waals surface area contributed by atoms with Crippen LogP contribution in [-0.4, -0.2) is 21.2 Å². The topological polar surface area (TPSA) is 70.4 Å². The molecule has 0 aliphatic rings. The van der Waals surface area contributed by atoms with Crippen LogP contribution in [0.4, 0.5) is 0 Å². The van der Waals surface area contributed by atoms with E-state index >= 15 is 0 Å². The van der Waals surface area contributed by atoms with Gasteiger partial charge >= 0.3 is 5.97 Å². The quantitative estimate of drug-likeness (QED) is 0.899. The highest BCUT2D eigenvalue weighted by Crippen LogP contribution is 2.32. The summed E-state index contributed by atoms with van der Waals surface area (Å²) in [5, 5.41) is 18.6. The molecule has 0 unspecified atom stereocenters. The summed E-state index contributed by atoms with van der Waals surface area (Å²) >= 11 is 6.74. The first-order chi connectivity index (χ1) is 8.06. The number of thiazole rings is 1. The van der Waals surface area contributed by atoms with E-state index in [4.69, 9.17) is 16.7 Å². The van der Waals surface area contributed by atoms with Crippen molar-refractivity contribution in [1.82, 2.24) is 4.98 Å². The van der Waals surface area contributed by atoms with Crippen molar-refractivity contribution in [2.75, 3.05) is 0 Å². The second-order valence-electron chi connectivity index (χ2n) is 3.35. The Labute approximate surface area is 106 Å². The fraction of sp³-hybridized carbons (Fsp3) is 0.0909. The van der Waals surface area contributed by atoms with Crippen LogP contribution in [0.1, 0.15) is 4.88 Å². The summed E-state index contributed by atoms with van der Waals surface area (Å²) < 4.78 is 0. The van der Waals surface area contributed by atoms with Gasteiger partial charge in [-0.25, -0.2) is 4.98 Å². The van der Waals surface area contributed by atoms with Crippen LogP contribution in [0.2, 0.25) is 5.02 Å². The maximum absolute atomic E-state index is 10.7. The normalized spacial score (nSPS) is 10.4. The standard InChI is InChI=1S/C11H8ClNO3S/c12-7-3-1-6(2-4-7)10-8(5-9(14)15)17-11(16)13-10/h1-4H,5H2,(H,13,16)(H,14,15). The van der Waals surface area contributed by atoms with Crippen LogP contribution in [0, 0.1) is 0 Å². The van der Waals surface area contributed by atoms with E-state index in [1.807, 2.05) is 0 Å². The van der Waals surface area contributed by atoms with Crippen molar-refractivity contribution in [2.45, 2.75) is 6.42 Å². The third-order valence-electron chi connectivity index (χ3n) is 2.12. The van der Waals surface area contributed by atoms with Gasteiger partial charge in [-0.1, -0.05) is 35.1 Å². The van der Waals surface area contributed by atoms with Crippen LogP contribution in [-0.2, 0) is 11.2 Å². The molecule has 0 radical (unpaired) electrons. The van der Waals surface area contributed by atoms with Crippen LogP contribution < -0.4 is 0 Å². The third kappa shape index (κ3) is 2.75. The van der Waals surface area contributed by atoms with Gasteiger partial charge in [0.1, 0.15) is 0 Å². The van der Waals surface area contributed by atoms with Gasteiger partial charge < -0.3 is 10.2 Å². The zero-order chi connectivity index (χ0) is 12.4. The Hall–Kier alpha value is -1.59. The third-order valence-corrected chi connectivity index (χ3v) is 3.23. The lowest BCUT2D eigenvalue weighted by Crippen LogP contribution is -1.99. The van der Waals surface area contributed by atoms with Crippen LogP contribution in [0.3, 0.4) is 0 Å².